The molecule has 0 spiro atoms. The van der Waals surface area contributed by atoms with Gasteiger partial charge in [-0.05, 0) is 25.8 Å². The van der Waals surface area contributed by atoms with E-state index >= 15 is 0 Å². The Bertz CT molecular complexity index is 539. The predicted octanol–water partition coefficient (Wildman–Crippen LogP) is 0.829. The molecule has 2 rings (SSSR count). The molecule has 0 saturated carbocycles. The van der Waals surface area contributed by atoms with Crippen LogP contribution in [-0.4, -0.2) is 16.3 Å². The second-order valence-corrected chi connectivity index (χ2v) is 5.35. The predicted molar refractivity (Wildman–Crippen MR) is 67.9 cm³/mol. The first-order chi connectivity index (χ1) is 8.52. The van der Waals surface area contributed by atoms with Crippen LogP contribution >= 0.6 is 0 Å². The third-order valence-electron chi connectivity index (χ3n) is 3.27. The number of nitrogens with one attached hydrogen (secondary N) is 1. The Labute approximate surface area is 106 Å². The highest BCUT2D eigenvalue weighted by molar-refractivity contribution is 5.20. The summed E-state index contributed by atoms with van der Waals surface area (Å²) < 4.78 is 1.49. The molecule has 0 atom stereocenters. The molecule has 0 aromatic carbocycles. The molecule has 18 heavy (non-hydrogen) atoms. The van der Waals surface area contributed by atoms with Crippen LogP contribution in [0.15, 0.2) is 10.9 Å². The van der Waals surface area contributed by atoms with Crippen LogP contribution in [0.3, 0.4) is 0 Å². The first-order valence-corrected chi connectivity index (χ1v) is 6.24. The zero-order valence-electron chi connectivity index (χ0n) is 10.9. The van der Waals surface area contributed by atoms with Crippen LogP contribution in [0.4, 0.5) is 0 Å². The molecular weight excluding hydrogens is 228 g/mol. The lowest BCUT2D eigenvalue weighted by molar-refractivity contribution is 0.387. The average Bonchev–Trinajstić information content (AvgIpc) is 2.36. The number of hydrogen-bond acceptors (Lipinski definition) is 4. The second kappa shape index (κ2) is 4.91. The van der Waals surface area contributed by atoms with Crippen molar-refractivity contribution in [1.29, 1.82) is 5.26 Å². The summed E-state index contributed by atoms with van der Waals surface area (Å²) in [6.07, 6.45) is 1.49. The Morgan fingerprint density at radius 3 is 3.11 bits per heavy atom. The van der Waals surface area contributed by atoms with E-state index in [4.69, 9.17) is 5.26 Å². The maximum Gasteiger partial charge on any atom is 0.267 e. The first-order valence-electron chi connectivity index (χ1n) is 6.24. The summed E-state index contributed by atoms with van der Waals surface area (Å²) in [5.74, 6) is 0. The fourth-order valence-electron chi connectivity index (χ4n) is 1.96. The number of aromatic nitrogens is 2. The number of nitriles is 1. The monoisotopic (exact) mass is 246 g/mol. The van der Waals surface area contributed by atoms with Gasteiger partial charge in [0.05, 0.1) is 17.2 Å². The lowest BCUT2D eigenvalue weighted by Crippen LogP contribution is -2.32. The largest absolute Gasteiger partial charge is 0.312 e. The Kier molecular flexibility index (Phi) is 3.48. The highest BCUT2D eigenvalue weighted by Gasteiger charge is 2.18. The molecular formula is C13H18N4O. The summed E-state index contributed by atoms with van der Waals surface area (Å²) in [6.45, 7) is 5.88. The molecule has 0 unspecified atom stereocenters. The van der Waals surface area contributed by atoms with Gasteiger partial charge in [-0.1, -0.05) is 0 Å². The van der Waals surface area contributed by atoms with Gasteiger partial charge in [0.1, 0.15) is 0 Å². The van der Waals surface area contributed by atoms with Crippen molar-refractivity contribution in [2.24, 2.45) is 5.41 Å². The summed E-state index contributed by atoms with van der Waals surface area (Å²) in [6, 6.07) is 3.90. The molecule has 2 heterocycles. The molecule has 0 saturated heterocycles. The fraction of sp³-hybridized carbons (Fsp3) is 0.615. The van der Waals surface area contributed by atoms with Gasteiger partial charge in [0, 0.05) is 32.1 Å². The lowest BCUT2D eigenvalue weighted by Gasteiger charge is -2.19. The molecule has 0 bridgehead atoms. The molecule has 0 radical (unpaired) electrons. The van der Waals surface area contributed by atoms with Crippen LogP contribution in [0.25, 0.3) is 0 Å². The number of hydrogen-bond donors (Lipinski definition) is 1. The Morgan fingerprint density at radius 1 is 1.61 bits per heavy atom. The minimum Gasteiger partial charge on any atom is -0.312 e. The topological polar surface area (TPSA) is 70.7 Å². The number of fused-ring (bicyclic) bond motifs is 1. The van der Waals surface area contributed by atoms with Gasteiger partial charge < -0.3 is 5.32 Å². The maximum atomic E-state index is 11.9. The lowest BCUT2D eigenvalue weighted by atomic mass is 9.91. The van der Waals surface area contributed by atoms with Crippen molar-refractivity contribution in [2.75, 3.05) is 6.54 Å². The first kappa shape index (κ1) is 12.8. The summed E-state index contributed by atoms with van der Waals surface area (Å²) in [4.78, 5) is 11.9. The molecule has 5 nitrogen and oxygen atoms in total. The highest BCUT2D eigenvalue weighted by atomic mass is 16.1. The molecule has 0 aliphatic carbocycles. The molecule has 0 amide bonds. The second-order valence-electron chi connectivity index (χ2n) is 5.35. The molecule has 1 aliphatic rings. The van der Waals surface area contributed by atoms with E-state index in [-0.39, 0.29) is 5.56 Å². The summed E-state index contributed by atoms with van der Waals surface area (Å²) in [7, 11) is 0. The summed E-state index contributed by atoms with van der Waals surface area (Å²) >= 11 is 0. The van der Waals surface area contributed by atoms with Crippen molar-refractivity contribution in [3.8, 4) is 6.07 Å². The number of rotatable bonds is 3. The molecule has 1 aromatic rings. The van der Waals surface area contributed by atoms with Gasteiger partial charge in [0.2, 0.25) is 0 Å². The van der Waals surface area contributed by atoms with Gasteiger partial charge in [0.25, 0.3) is 5.56 Å². The van der Waals surface area contributed by atoms with E-state index in [1.807, 2.05) is 13.8 Å². The third-order valence-corrected chi connectivity index (χ3v) is 3.27. The van der Waals surface area contributed by atoms with Crippen LogP contribution in [0.2, 0.25) is 0 Å². The van der Waals surface area contributed by atoms with E-state index < -0.39 is 5.41 Å². The van der Waals surface area contributed by atoms with E-state index in [1.54, 1.807) is 6.07 Å². The van der Waals surface area contributed by atoms with Gasteiger partial charge in [-0.2, -0.15) is 10.4 Å². The Balaban J connectivity index is 2.19. The molecule has 1 aliphatic heterocycles. The van der Waals surface area contributed by atoms with Gasteiger partial charge in [-0.15, -0.1) is 0 Å². The van der Waals surface area contributed by atoms with E-state index in [9.17, 15) is 4.79 Å². The minimum absolute atomic E-state index is 0.0776. The highest BCUT2D eigenvalue weighted by Crippen LogP contribution is 2.19. The SMILES string of the molecule is CC(C)(C#N)CCn1nc2c(cc1=O)CNCC2. The molecule has 96 valence electrons. The van der Waals surface area contributed by atoms with Crippen molar-refractivity contribution >= 4 is 0 Å². The molecule has 5 heteroatoms. The average molecular weight is 246 g/mol. The fourth-order valence-corrected chi connectivity index (χ4v) is 1.96. The normalized spacial score (nSPS) is 14.9. The van der Waals surface area contributed by atoms with Crippen LogP contribution in [0, 0.1) is 16.7 Å². The van der Waals surface area contributed by atoms with E-state index in [1.165, 1.54) is 4.68 Å². The van der Waals surface area contributed by atoms with Crippen molar-refractivity contribution in [2.45, 2.75) is 39.8 Å². The summed E-state index contributed by atoms with van der Waals surface area (Å²) in [5, 5.41) is 16.6. The number of aryl methyl sites for hydroxylation is 1. The summed E-state index contributed by atoms with van der Waals surface area (Å²) in [5.41, 5.74) is 1.51. The standard InChI is InChI=1S/C13H18N4O/c1-13(2,9-14)4-6-17-12(18)7-10-8-15-5-3-11(10)16-17/h7,15H,3-6,8H2,1-2H3. The third kappa shape index (κ3) is 2.77. The molecule has 1 aromatic heterocycles. The maximum absolute atomic E-state index is 11.9. The molecule has 1 N–H and O–H groups in total. The van der Waals surface area contributed by atoms with E-state index in [0.717, 1.165) is 30.8 Å². The minimum atomic E-state index is -0.418. The van der Waals surface area contributed by atoms with Gasteiger partial charge in [0.15, 0.2) is 0 Å². The Hall–Kier alpha value is -1.67. The van der Waals surface area contributed by atoms with Crippen molar-refractivity contribution in [1.82, 2.24) is 15.1 Å². The van der Waals surface area contributed by atoms with Crippen LogP contribution < -0.4 is 10.9 Å². The Morgan fingerprint density at radius 2 is 2.39 bits per heavy atom. The van der Waals surface area contributed by atoms with E-state index in [2.05, 4.69) is 16.5 Å². The van der Waals surface area contributed by atoms with Crippen LogP contribution in [0.1, 0.15) is 31.5 Å². The van der Waals surface area contributed by atoms with Crippen molar-refractivity contribution in [3.05, 3.63) is 27.7 Å². The smallest absolute Gasteiger partial charge is 0.267 e. The van der Waals surface area contributed by atoms with E-state index in [0.29, 0.717) is 13.0 Å². The molecule has 0 fully saturated rings. The van der Waals surface area contributed by atoms with Gasteiger partial charge in [-0.25, -0.2) is 4.68 Å². The van der Waals surface area contributed by atoms with Crippen molar-refractivity contribution < 1.29 is 0 Å². The van der Waals surface area contributed by atoms with Crippen LogP contribution in [0.5, 0.6) is 0 Å². The van der Waals surface area contributed by atoms with Gasteiger partial charge >= 0.3 is 0 Å². The zero-order valence-corrected chi connectivity index (χ0v) is 10.9. The number of nitrogens with zero attached hydrogens (tertiary/aromatic N) is 3. The van der Waals surface area contributed by atoms with Crippen LogP contribution in [-0.2, 0) is 19.5 Å². The van der Waals surface area contributed by atoms with Crippen molar-refractivity contribution in [3.63, 3.8) is 0 Å². The quantitative estimate of drug-likeness (QED) is 0.857. The van der Waals surface area contributed by atoms with Gasteiger partial charge in [-0.3, -0.25) is 4.79 Å². The zero-order chi connectivity index (χ0) is 13.2.